The molecular formula is C13H19NO4. The average molecular weight is 253 g/mol. The molecule has 0 aliphatic rings. The van der Waals surface area contributed by atoms with Gasteiger partial charge < -0.3 is 14.2 Å². The van der Waals surface area contributed by atoms with Crippen LogP contribution in [-0.2, 0) is 9.47 Å². The fraction of sp³-hybridized carbons (Fsp3) is 0.538. The highest BCUT2D eigenvalue weighted by atomic mass is 16.5. The maximum atomic E-state index is 11.3. The Bertz CT molecular complexity index is 368. The average Bonchev–Trinajstić information content (AvgIpc) is 2.42. The summed E-state index contributed by atoms with van der Waals surface area (Å²) in [5.41, 5.74) is 0.425. The van der Waals surface area contributed by atoms with Gasteiger partial charge in [0.05, 0.1) is 19.3 Å². The van der Waals surface area contributed by atoms with Gasteiger partial charge in [0.2, 0.25) is 5.88 Å². The summed E-state index contributed by atoms with van der Waals surface area (Å²) in [6, 6.07) is 3.13. The van der Waals surface area contributed by atoms with E-state index in [2.05, 4.69) is 16.6 Å². The van der Waals surface area contributed by atoms with Crippen LogP contribution in [0, 0.1) is 0 Å². The zero-order valence-electron chi connectivity index (χ0n) is 10.8. The van der Waals surface area contributed by atoms with E-state index in [0.29, 0.717) is 24.7 Å². The molecule has 5 nitrogen and oxygen atoms in total. The number of carbonyl (C=O) groups excluding carboxylic acids is 1. The highest BCUT2D eigenvalue weighted by molar-refractivity contribution is 5.89. The molecule has 0 atom stereocenters. The van der Waals surface area contributed by atoms with Gasteiger partial charge in [0, 0.05) is 18.9 Å². The summed E-state index contributed by atoms with van der Waals surface area (Å²) in [6.07, 6.45) is 3.68. The summed E-state index contributed by atoms with van der Waals surface area (Å²) >= 11 is 0. The second kappa shape index (κ2) is 8.47. The molecule has 1 rings (SSSR count). The smallest absolute Gasteiger partial charge is 0.338 e. The minimum absolute atomic E-state index is 0.400. The van der Waals surface area contributed by atoms with Crippen LogP contribution in [0.4, 0.5) is 0 Å². The first-order chi connectivity index (χ1) is 8.77. The standard InChI is InChI=1S/C13H19NO4/c1-3-4-7-17-8-9-18-12-10-11(5-6-14-12)13(15)16-2/h5-6,10H,3-4,7-9H2,1-2H3. The van der Waals surface area contributed by atoms with Crippen molar-refractivity contribution in [1.82, 2.24) is 4.98 Å². The van der Waals surface area contributed by atoms with Crippen molar-refractivity contribution in [2.45, 2.75) is 19.8 Å². The van der Waals surface area contributed by atoms with Crippen LogP contribution in [0.5, 0.6) is 5.88 Å². The zero-order valence-corrected chi connectivity index (χ0v) is 10.8. The Balaban J connectivity index is 2.32. The lowest BCUT2D eigenvalue weighted by Crippen LogP contribution is -2.09. The van der Waals surface area contributed by atoms with Crippen molar-refractivity contribution in [3.05, 3.63) is 23.9 Å². The van der Waals surface area contributed by atoms with Gasteiger partial charge in [-0.25, -0.2) is 9.78 Å². The lowest BCUT2D eigenvalue weighted by Gasteiger charge is -2.06. The van der Waals surface area contributed by atoms with E-state index >= 15 is 0 Å². The van der Waals surface area contributed by atoms with E-state index < -0.39 is 5.97 Å². The lowest BCUT2D eigenvalue weighted by atomic mass is 10.3. The van der Waals surface area contributed by atoms with Gasteiger partial charge >= 0.3 is 5.97 Å². The van der Waals surface area contributed by atoms with Gasteiger partial charge in [0.1, 0.15) is 6.61 Å². The second-order valence-electron chi connectivity index (χ2n) is 3.69. The van der Waals surface area contributed by atoms with Gasteiger partial charge in [-0.2, -0.15) is 0 Å². The first kappa shape index (κ1) is 14.4. The largest absolute Gasteiger partial charge is 0.475 e. The van der Waals surface area contributed by atoms with Gasteiger partial charge in [-0.15, -0.1) is 0 Å². The number of ether oxygens (including phenoxy) is 3. The highest BCUT2D eigenvalue weighted by Crippen LogP contribution is 2.10. The van der Waals surface area contributed by atoms with Crippen LogP contribution in [0.2, 0.25) is 0 Å². The number of rotatable bonds is 8. The number of aromatic nitrogens is 1. The van der Waals surface area contributed by atoms with Crippen molar-refractivity contribution >= 4 is 5.97 Å². The van der Waals surface area contributed by atoms with Gasteiger partial charge in [-0.3, -0.25) is 0 Å². The van der Waals surface area contributed by atoms with E-state index in [1.807, 2.05) is 0 Å². The monoisotopic (exact) mass is 253 g/mol. The number of methoxy groups -OCH3 is 1. The fourth-order valence-corrected chi connectivity index (χ4v) is 1.29. The minimum atomic E-state index is -0.401. The SMILES string of the molecule is CCCCOCCOc1cc(C(=O)OC)ccn1. The number of hydrogen-bond donors (Lipinski definition) is 0. The Morgan fingerprint density at radius 1 is 1.33 bits per heavy atom. The molecule has 5 heteroatoms. The number of pyridine rings is 1. The molecule has 0 amide bonds. The quantitative estimate of drug-likeness (QED) is 0.524. The molecule has 0 N–H and O–H groups in total. The van der Waals surface area contributed by atoms with Crippen molar-refractivity contribution in [1.29, 1.82) is 0 Å². The molecule has 1 aromatic rings. The predicted octanol–water partition coefficient (Wildman–Crippen LogP) is 2.06. The summed E-state index contributed by atoms with van der Waals surface area (Å²) in [4.78, 5) is 15.3. The third-order valence-electron chi connectivity index (χ3n) is 2.28. The molecule has 0 saturated heterocycles. The summed E-state index contributed by atoms with van der Waals surface area (Å²) in [7, 11) is 1.34. The van der Waals surface area contributed by atoms with Crippen LogP contribution in [0.25, 0.3) is 0 Å². The molecule has 0 saturated carbocycles. The van der Waals surface area contributed by atoms with Crippen LogP contribution in [0.15, 0.2) is 18.3 Å². The molecular weight excluding hydrogens is 234 g/mol. The molecule has 100 valence electrons. The molecule has 0 radical (unpaired) electrons. The lowest BCUT2D eigenvalue weighted by molar-refractivity contribution is 0.0599. The van der Waals surface area contributed by atoms with E-state index in [9.17, 15) is 4.79 Å². The Hall–Kier alpha value is -1.62. The molecule has 1 aromatic heterocycles. The molecule has 18 heavy (non-hydrogen) atoms. The van der Waals surface area contributed by atoms with Gasteiger partial charge in [0.15, 0.2) is 0 Å². The third-order valence-corrected chi connectivity index (χ3v) is 2.28. The Labute approximate surface area is 107 Å². The summed E-state index contributed by atoms with van der Waals surface area (Å²) in [5, 5.41) is 0. The van der Waals surface area contributed by atoms with Gasteiger partial charge in [-0.05, 0) is 12.5 Å². The first-order valence-corrected chi connectivity index (χ1v) is 6.02. The highest BCUT2D eigenvalue weighted by Gasteiger charge is 2.06. The molecule has 1 heterocycles. The van der Waals surface area contributed by atoms with E-state index in [1.165, 1.54) is 13.3 Å². The molecule has 0 unspecified atom stereocenters. The van der Waals surface area contributed by atoms with Crippen molar-refractivity contribution < 1.29 is 19.0 Å². The number of hydrogen-bond acceptors (Lipinski definition) is 5. The van der Waals surface area contributed by atoms with Crippen molar-refractivity contribution in [2.75, 3.05) is 26.9 Å². The van der Waals surface area contributed by atoms with E-state index in [4.69, 9.17) is 9.47 Å². The Kier molecular flexibility index (Phi) is 6.79. The molecule has 0 aliphatic heterocycles. The maximum Gasteiger partial charge on any atom is 0.338 e. The number of carbonyl (C=O) groups is 1. The number of nitrogens with zero attached hydrogens (tertiary/aromatic N) is 1. The maximum absolute atomic E-state index is 11.3. The normalized spacial score (nSPS) is 10.1. The molecule has 0 fully saturated rings. The summed E-state index contributed by atoms with van der Waals surface area (Å²) in [6.45, 7) is 3.79. The fourth-order valence-electron chi connectivity index (χ4n) is 1.29. The van der Waals surface area contributed by atoms with Crippen molar-refractivity contribution in [3.8, 4) is 5.88 Å². The van der Waals surface area contributed by atoms with Crippen molar-refractivity contribution in [3.63, 3.8) is 0 Å². The Morgan fingerprint density at radius 3 is 2.89 bits per heavy atom. The zero-order chi connectivity index (χ0) is 13.2. The van der Waals surface area contributed by atoms with Crippen LogP contribution < -0.4 is 4.74 Å². The van der Waals surface area contributed by atoms with Crippen LogP contribution in [-0.4, -0.2) is 37.9 Å². The molecule has 0 bridgehead atoms. The van der Waals surface area contributed by atoms with Crippen molar-refractivity contribution in [2.24, 2.45) is 0 Å². The number of esters is 1. The molecule has 0 aromatic carbocycles. The summed E-state index contributed by atoms with van der Waals surface area (Å²) < 4.78 is 15.3. The molecule has 0 spiro atoms. The Morgan fingerprint density at radius 2 is 2.17 bits per heavy atom. The summed E-state index contributed by atoms with van der Waals surface area (Å²) in [5.74, 6) is -0.00145. The minimum Gasteiger partial charge on any atom is -0.475 e. The van der Waals surface area contributed by atoms with Crippen LogP contribution in [0.3, 0.4) is 0 Å². The van der Waals surface area contributed by atoms with E-state index in [1.54, 1.807) is 12.1 Å². The van der Waals surface area contributed by atoms with Crippen LogP contribution >= 0.6 is 0 Å². The molecule has 0 aliphatic carbocycles. The van der Waals surface area contributed by atoms with Gasteiger partial charge in [-0.1, -0.05) is 13.3 Å². The number of unbranched alkanes of at least 4 members (excludes halogenated alkanes) is 1. The predicted molar refractivity (Wildman–Crippen MR) is 66.8 cm³/mol. The topological polar surface area (TPSA) is 57.7 Å². The first-order valence-electron chi connectivity index (χ1n) is 6.02. The van der Waals surface area contributed by atoms with Gasteiger partial charge in [0.25, 0.3) is 0 Å². The van der Waals surface area contributed by atoms with E-state index in [0.717, 1.165) is 19.4 Å². The van der Waals surface area contributed by atoms with Crippen LogP contribution in [0.1, 0.15) is 30.1 Å². The second-order valence-corrected chi connectivity index (χ2v) is 3.69. The third kappa shape index (κ3) is 5.14. The van der Waals surface area contributed by atoms with E-state index in [-0.39, 0.29) is 0 Å².